The second kappa shape index (κ2) is 3.74. The van der Waals surface area contributed by atoms with Crippen LogP contribution >= 0.6 is 0 Å². The van der Waals surface area contributed by atoms with E-state index in [9.17, 15) is 4.79 Å². The number of hydrogen-bond acceptors (Lipinski definition) is 6. The molecule has 0 aliphatic carbocycles. The van der Waals surface area contributed by atoms with Gasteiger partial charge in [-0.2, -0.15) is 0 Å². The first kappa shape index (κ1) is 14.3. The Hall–Kier alpha value is -0.690. The SMILES string of the molecule is CC1(C)O[C@H]2C(=O)O[C@@H]([C@]3(C)COC(C)(C)O3)[C@@]2(C)O1. The second-order valence-electron chi connectivity index (χ2n) is 7.10. The van der Waals surface area contributed by atoms with Gasteiger partial charge in [-0.05, 0) is 41.5 Å². The summed E-state index contributed by atoms with van der Waals surface area (Å²) in [4.78, 5) is 12.1. The molecule has 0 aromatic carbocycles. The summed E-state index contributed by atoms with van der Waals surface area (Å²) in [5, 5.41) is 0. The fourth-order valence-electron chi connectivity index (χ4n) is 3.57. The van der Waals surface area contributed by atoms with Crippen molar-refractivity contribution in [2.45, 2.75) is 76.5 Å². The Morgan fingerprint density at radius 1 is 1.00 bits per heavy atom. The number of carbonyl (C=O) groups is 1. The van der Waals surface area contributed by atoms with Crippen LogP contribution in [0.2, 0.25) is 0 Å². The van der Waals surface area contributed by atoms with Crippen molar-refractivity contribution in [1.82, 2.24) is 0 Å². The van der Waals surface area contributed by atoms with Gasteiger partial charge in [-0.15, -0.1) is 0 Å². The Kier molecular flexibility index (Phi) is 2.66. The molecule has 0 N–H and O–H groups in total. The van der Waals surface area contributed by atoms with Gasteiger partial charge in [-0.3, -0.25) is 0 Å². The highest BCUT2D eigenvalue weighted by Gasteiger charge is 2.70. The van der Waals surface area contributed by atoms with E-state index in [0.29, 0.717) is 6.61 Å². The van der Waals surface area contributed by atoms with Gasteiger partial charge >= 0.3 is 5.97 Å². The van der Waals surface area contributed by atoms with Gasteiger partial charge in [-0.25, -0.2) is 4.79 Å². The molecule has 6 nitrogen and oxygen atoms in total. The van der Waals surface area contributed by atoms with E-state index in [2.05, 4.69) is 0 Å². The van der Waals surface area contributed by atoms with Gasteiger partial charge in [0.15, 0.2) is 23.8 Å². The van der Waals surface area contributed by atoms with Gasteiger partial charge in [0.05, 0.1) is 6.61 Å². The quantitative estimate of drug-likeness (QED) is 0.678. The summed E-state index contributed by atoms with van der Waals surface area (Å²) in [5.74, 6) is -1.93. The molecule has 0 aromatic rings. The molecule has 0 unspecified atom stereocenters. The summed E-state index contributed by atoms with van der Waals surface area (Å²) < 4.78 is 28.8. The number of esters is 1. The Balaban J connectivity index is 1.94. The lowest BCUT2D eigenvalue weighted by Gasteiger charge is -2.37. The van der Waals surface area contributed by atoms with E-state index in [1.807, 2.05) is 27.7 Å². The third kappa shape index (κ3) is 1.89. The van der Waals surface area contributed by atoms with E-state index in [-0.39, 0.29) is 0 Å². The van der Waals surface area contributed by atoms with Crippen molar-refractivity contribution in [3.63, 3.8) is 0 Å². The zero-order valence-corrected chi connectivity index (χ0v) is 12.8. The summed E-state index contributed by atoms with van der Waals surface area (Å²) in [5.41, 5.74) is -1.63. The molecule has 114 valence electrons. The molecule has 0 amide bonds. The van der Waals surface area contributed by atoms with Crippen LogP contribution in [0, 0.1) is 0 Å². The molecule has 0 radical (unpaired) electrons. The summed E-state index contributed by atoms with van der Waals surface area (Å²) >= 11 is 0. The third-order valence-corrected chi connectivity index (χ3v) is 4.10. The van der Waals surface area contributed by atoms with Gasteiger partial charge in [0.1, 0.15) is 11.2 Å². The Bertz CT molecular complexity index is 459. The number of rotatable bonds is 1. The number of cyclic esters (lactones) is 1. The smallest absolute Gasteiger partial charge is 0.339 e. The van der Waals surface area contributed by atoms with E-state index < -0.39 is 41.0 Å². The first-order valence-electron chi connectivity index (χ1n) is 6.90. The zero-order chi connectivity index (χ0) is 15.0. The largest absolute Gasteiger partial charge is 0.454 e. The van der Waals surface area contributed by atoms with Crippen LogP contribution in [-0.2, 0) is 28.5 Å². The highest BCUT2D eigenvalue weighted by molar-refractivity contribution is 5.80. The highest BCUT2D eigenvalue weighted by atomic mass is 16.8. The van der Waals surface area contributed by atoms with E-state index >= 15 is 0 Å². The average molecular weight is 286 g/mol. The molecule has 0 spiro atoms. The molecule has 6 heteroatoms. The van der Waals surface area contributed by atoms with Crippen LogP contribution in [0.15, 0.2) is 0 Å². The summed E-state index contributed by atoms with van der Waals surface area (Å²) in [6.45, 7) is 11.3. The van der Waals surface area contributed by atoms with E-state index in [1.165, 1.54) is 0 Å². The first-order valence-corrected chi connectivity index (χ1v) is 6.90. The molecule has 3 aliphatic heterocycles. The number of ether oxygens (including phenoxy) is 5. The molecule has 3 saturated heterocycles. The van der Waals surface area contributed by atoms with Crippen molar-refractivity contribution in [1.29, 1.82) is 0 Å². The molecule has 3 fully saturated rings. The molecule has 3 aliphatic rings. The Labute approximate surface area is 118 Å². The van der Waals surface area contributed by atoms with E-state index in [1.54, 1.807) is 13.8 Å². The van der Waals surface area contributed by atoms with Crippen LogP contribution in [0.4, 0.5) is 0 Å². The van der Waals surface area contributed by atoms with Gasteiger partial charge < -0.3 is 23.7 Å². The predicted molar refractivity (Wildman–Crippen MR) is 67.8 cm³/mol. The molecule has 3 rings (SSSR count). The zero-order valence-electron chi connectivity index (χ0n) is 12.8. The number of fused-ring (bicyclic) bond motifs is 1. The summed E-state index contributed by atoms with van der Waals surface area (Å²) in [6, 6.07) is 0. The molecule has 4 atom stereocenters. The van der Waals surface area contributed by atoms with Crippen LogP contribution < -0.4 is 0 Å². The van der Waals surface area contributed by atoms with Crippen molar-refractivity contribution in [2.24, 2.45) is 0 Å². The van der Waals surface area contributed by atoms with Crippen molar-refractivity contribution in [3.05, 3.63) is 0 Å². The van der Waals surface area contributed by atoms with Crippen molar-refractivity contribution in [3.8, 4) is 0 Å². The topological polar surface area (TPSA) is 63.2 Å². The monoisotopic (exact) mass is 286 g/mol. The van der Waals surface area contributed by atoms with Crippen LogP contribution in [0.5, 0.6) is 0 Å². The molecule has 20 heavy (non-hydrogen) atoms. The van der Waals surface area contributed by atoms with Crippen molar-refractivity contribution in [2.75, 3.05) is 6.61 Å². The molecule has 3 heterocycles. The van der Waals surface area contributed by atoms with Gasteiger partial charge in [0.2, 0.25) is 0 Å². The minimum Gasteiger partial charge on any atom is -0.454 e. The van der Waals surface area contributed by atoms with Crippen LogP contribution in [0.3, 0.4) is 0 Å². The van der Waals surface area contributed by atoms with Gasteiger partial charge in [0.25, 0.3) is 0 Å². The standard InChI is InChI=1S/C14H22O6/c1-11(2)16-7-13(5,19-11)10-14(6)8(9(15)17-10)18-12(3,4)20-14/h8,10H,7H2,1-6H3/t8-,10-,13-,14-/m0/s1. The Morgan fingerprint density at radius 2 is 1.65 bits per heavy atom. The maximum atomic E-state index is 12.1. The summed E-state index contributed by atoms with van der Waals surface area (Å²) in [7, 11) is 0. The van der Waals surface area contributed by atoms with Crippen LogP contribution in [0.1, 0.15) is 41.5 Å². The molecule has 0 saturated carbocycles. The highest BCUT2D eigenvalue weighted by Crippen LogP contribution is 2.50. The second-order valence-corrected chi connectivity index (χ2v) is 7.10. The van der Waals surface area contributed by atoms with Crippen LogP contribution in [-0.4, -0.2) is 47.6 Å². The van der Waals surface area contributed by atoms with Crippen molar-refractivity contribution >= 4 is 5.97 Å². The molecular weight excluding hydrogens is 264 g/mol. The van der Waals surface area contributed by atoms with E-state index in [0.717, 1.165) is 0 Å². The third-order valence-electron chi connectivity index (χ3n) is 4.10. The lowest BCUT2D eigenvalue weighted by atomic mass is 9.84. The fraction of sp³-hybridized carbons (Fsp3) is 0.929. The predicted octanol–water partition coefficient (Wildman–Crippen LogP) is 1.36. The summed E-state index contributed by atoms with van der Waals surface area (Å²) in [6.07, 6.45) is -1.30. The maximum absolute atomic E-state index is 12.1. The normalized spacial score (nSPS) is 49.2. The number of hydrogen-bond donors (Lipinski definition) is 0. The lowest BCUT2D eigenvalue weighted by Crippen LogP contribution is -2.56. The lowest BCUT2D eigenvalue weighted by molar-refractivity contribution is -0.233. The number of carbonyl (C=O) groups excluding carboxylic acids is 1. The van der Waals surface area contributed by atoms with Crippen LogP contribution in [0.25, 0.3) is 0 Å². The fourth-order valence-corrected chi connectivity index (χ4v) is 3.57. The van der Waals surface area contributed by atoms with Crippen molar-refractivity contribution < 1.29 is 28.5 Å². The minimum atomic E-state index is -0.876. The minimum absolute atomic E-state index is 0.337. The van der Waals surface area contributed by atoms with Gasteiger partial charge in [-0.1, -0.05) is 0 Å². The van der Waals surface area contributed by atoms with Gasteiger partial charge in [0, 0.05) is 0 Å². The first-order chi connectivity index (χ1) is 8.98. The average Bonchev–Trinajstić information content (AvgIpc) is 2.77. The molecule has 0 aromatic heterocycles. The molecular formula is C14H22O6. The molecule has 0 bridgehead atoms. The Morgan fingerprint density at radius 3 is 2.20 bits per heavy atom. The maximum Gasteiger partial charge on any atom is 0.339 e. The van der Waals surface area contributed by atoms with E-state index in [4.69, 9.17) is 23.7 Å².